The lowest BCUT2D eigenvalue weighted by atomic mass is 10.0. The minimum absolute atomic E-state index is 0.463. The number of carbonyl (C=O) groups is 2. The van der Waals surface area contributed by atoms with Gasteiger partial charge in [-0.2, -0.15) is 10.5 Å². The van der Waals surface area contributed by atoms with E-state index >= 15 is 0 Å². The van der Waals surface area contributed by atoms with E-state index in [-0.39, 0.29) is 0 Å². The van der Waals surface area contributed by atoms with Gasteiger partial charge in [0.25, 0.3) is 0 Å². The number of nitrogens with zero attached hydrogens (tertiary/aromatic N) is 2. The molecule has 128 valence electrons. The highest BCUT2D eigenvalue weighted by molar-refractivity contribution is 6.14. The molecular weight excluding hydrogens is 326 g/mol. The molecule has 2 aromatic carbocycles. The molecule has 0 aliphatic rings. The second-order valence-electron chi connectivity index (χ2n) is 5.57. The van der Waals surface area contributed by atoms with Gasteiger partial charge < -0.3 is 5.32 Å². The second-order valence-corrected chi connectivity index (χ2v) is 5.57. The van der Waals surface area contributed by atoms with E-state index in [0.29, 0.717) is 16.8 Å². The van der Waals surface area contributed by atoms with Gasteiger partial charge in [0.2, 0.25) is 5.91 Å². The molecule has 0 saturated carbocycles. The predicted molar refractivity (Wildman–Crippen MR) is 98.8 cm³/mol. The Labute approximate surface area is 152 Å². The van der Waals surface area contributed by atoms with E-state index < -0.39 is 17.6 Å². The number of amides is 1. The Hall–Kier alpha value is -3.70. The highest BCUT2D eigenvalue weighted by atomic mass is 16.2. The molecule has 1 unspecified atom stereocenters. The van der Waals surface area contributed by atoms with Crippen molar-refractivity contribution in [1.29, 1.82) is 10.5 Å². The average molecular weight is 343 g/mol. The molecule has 0 aliphatic carbocycles. The molecule has 1 N–H and O–H groups in total. The lowest BCUT2D eigenvalue weighted by molar-refractivity contribution is -0.126. The average Bonchev–Trinajstić information content (AvgIpc) is 2.67. The van der Waals surface area contributed by atoms with Crippen molar-refractivity contribution in [2.75, 3.05) is 5.32 Å². The largest absolute Gasteiger partial charge is 0.325 e. The second kappa shape index (κ2) is 8.96. The summed E-state index contributed by atoms with van der Waals surface area (Å²) in [6, 6.07) is 17.6. The van der Waals surface area contributed by atoms with E-state index in [4.69, 9.17) is 5.26 Å². The fraction of sp³-hybridized carbons (Fsp3) is 0.143. The summed E-state index contributed by atoms with van der Waals surface area (Å²) in [5, 5.41) is 20.7. The first-order valence-corrected chi connectivity index (χ1v) is 8.09. The first kappa shape index (κ1) is 18.6. The highest BCUT2D eigenvalue weighted by Crippen LogP contribution is 2.13. The van der Waals surface area contributed by atoms with Crippen molar-refractivity contribution in [2.45, 2.75) is 13.3 Å². The molecule has 0 spiro atoms. The van der Waals surface area contributed by atoms with Crippen molar-refractivity contribution in [3.63, 3.8) is 0 Å². The van der Waals surface area contributed by atoms with Crippen molar-refractivity contribution < 1.29 is 9.59 Å². The third-order valence-corrected chi connectivity index (χ3v) is 3.76. The van der Waals surface area contributed by atoms with Crippen molar-refractivity contribution in [3.8, 4) is 12.1 Å². The molecule has 5 nitrogen and oxygen atoms in total. The maximum Gasteiger partial charge on any atom is 0.249 e. The standard InChI is InChI=1S/C21H17N3O2/c1-2-15-6-9-18(10-7-15)24-21(26)19(14-23)20(25)11-8-16-4-3-5-17(12-16)13-22/h3-12,19H,2H2,1H3,(H,24,26)/b11-8+. The minimum atomic E-state index is -1.43. The van der Waals surface area contributed by atoms with Gasteiger partial charge in [0, 0.05) is 5.69 Å². The van der Waals surface area contributed by atoms with Gasteiger partial charge in [-0.05, 0) is 47.9 Å². The molecule has 0 saturated heterocycles. The normalized spacial score (nSPS) is 11.3. The van der Waals surface area contributed by atoms with Crippen molar-refractivity contribution in [1.82, 2.24) is 0 Å². The van der Waals surface area contributed by atoms with Gasteiger partial charge in [-0.15, -0.1) is 0 Å². The number of benzene rings is 2. The van der Waals surface area contributed by atoms with Crippen LogP contribution in [0, 0.1) is 28.6 Å². The summed E-state index contributed by atoms with van der Waals surface area (Å²) in [5.41, 5.74) is 2.76. The Bertz CT molecular complexity index is 916. The van der Waals surface area contributed by atoms with E-state index in [1.807, 2.05) is 25.1 Å². The monoisotopic (exact) mass is 343 g/mol. The molecule has 0 radical (unpaired) electrons. The topological polar surface area (TPSA) is 93.8 Å². The fourth-order valence-corrected chi connectivity index (χ4v) is 2.28. The maximum atomic E-state index is 12.2. The molecular formula is C21H17N3O2. The molecule has 0 fully saturated rings. The van der Waals surface area contributed by atoms with Gasteiger partial charge in [0.1, 0.15) is 0 Å². The van der Waals surface area contributed by atoms with Crippen LogP contribution in [-0.4, -0.2) is 11.7 Å². The van der Waals surface area contributed by atoms with Crippen LogP contribution in [-0.2, 0) is 16.0 Å². The zero-order chi connectivity index (χ0) is 18.9. The molecule has 5 heteroatoms. The van der Waals surface area contributed by atoms with Crippen LogP contribution in [0.3, 0.4) is 0 Å². The van der Waals surface area contributed by atoms with E-state index in [0.717, 1.165) is 12.0 Å². The summed E-state index contributed by atoms with van der Waals surface area (Å²) in [4.78, 5) is 24.4. The lowest BCUT2D eigenvalue weighted by Gasteiger charge is -2.08. The van der Waals surface area contributed by atoms with Gasteiger partial charge >= 0.3 is 0 Å². The van der Waals surface area contributed by atoms with Crippen molar-refractivity contribution in [2.24, 2.45) is 5.92 Å². The van der Waals surface area contributed by atoms with Crippen LogP contribution in [0.5, 0.6) is 0 Å². The van der Waals surface area contributed by atoms with Crippen molar-refractivity contribution in [3.05, 3.63) is 71.3 Å². The zero-order valence-electron chi connectivity index (χ0n) is 14.3. The van der Waals surface area contributed by atoms with Crippen LogP contribution in [0.1, 0.15) is 23.6 Å². The Kier molecular flexibility index (Phi) is 6.42. The van der Waals surface area contributed by atoms with Gasteiger partial charge in [-0.25, -0.2) is 0 Å². The maximum absolute atomic E-state index is 12.2. The van der Waals surface area contributed by atoms with Crippen LogP contribution < -0.4 is 5.32 Å². The van der Waals surface area contributed by atoms with Gasteiger partial charge in [0.05, 0.1) is 17.7 Å². The van der Waals surface area contributed by atoms with Crippen LogP contribution in [0.4, 0.5) is 5.69 Å². The molecule has 0 aliphatic heterocycles. The number of nitriles is 2. The molecule has 0 aromatic heterocycles. The number of ketones is 1. The summed E-state index contributed by atoms with van der Waals surface area (Å²) < 4.78 is 0. The summed E-state index contributed by atoms with van der Waals surface area (Å²) in [5.74, 6) is -2.72. The predicted octanol–water partition coefficient (Wildman–Crippen LogP) is 3.48. The van der Waals surface area contributed by atoms with Gasteiger partial charge in [0.15, 0.2) is 11.7 Å². The van der Waals surface area contributed by atoms with Crippen LogP contribution in [0.25, 0.3) is 6.08 Å². The summed E-state index contributed by atoms with van der Waals surface area (Å²) >= 11 is 0. The number of aryl methyl sites for hydroxylation is 1. The first-order chi connectivity index (χ1) is 12.6. The molecule has 0 bridgehead atoms. The fourth-order valence-electron chi connectivity index (χ4n) is 2.28. The Morgan fingerprint density at radius 2 is 1.88 bits per heavy atom. The molecule has 2 aromatic rings. The van der Waals surface area contributed by atoms with Crippen LogP contribution in [0.2, 0.25) is 0 Å². The Balaban J connectivity index is 2.07. The van der Waals surface area contributed by atoms with Crippen LogP contribution in [0.15, 0.2) is 54.6 Å². The number of rotatable bonds is 6. The van der Waals surface area contributed by atoms with E-state index in [9.17, 15) is 14.9 Å². The summed E-state index contributed by atoms with van der Waals surface area (Å²) in [6.07, 6.45) is 3.55. The number of hydrogen-bond donors (Lipinski definition) is 1. The van der Waals surface area contributed by atoms with Crippen LogP contribution >= 0.6 is 0 Å². The lowest BCUT2D eigenvalue weighted by Crippen LogP contribution is -2.27. The number of carbonyl (C=O) groups excluding carboxylic acids is 2. The summed E-state index contributed by atoms with van der Waals surface area (Å²) in [7, 11) is 0. The third-order valence-electron chi connectivity index (χ3n) is 3.76. The quantitative estimate of drug-likeness (QED) is 0.642. The molecule has 1 amide bonds. The zero-order valence-corrected chi connectivity index (χ0v) is 14.3. The Morgan fingerprint density at radius 3 is 2.50 bits per heavy atom. The molecule has 0 heterocycles. The number of allylic oxidation sites excluding steroid dienone is 1. The van der Waals surface area contributed by atoms with E-state index in [2.05, 4.69) is 5.32 Å². The van der Waals surface area contributed by atoms with E-state index in [1.54, 1.807) is 42.5 Å². The molecule has 26 heavy (non-hydrogen) atoms. The number of hydrogen-bond acceptors (Lipinski definition) is 4. The molecule has 2 rings (SSSR count). The first-order valence-electron chi connectivity index (χ1n) is 8.09. The van der Waals surface area contributed by atoms with Gasteiger partial charge in [-0.1, -0.05) is 37.3 Å². The smallest absolute Gasteiger partial charge is 0.249 e. The number of anilines is 1. The minimum Gasteiger partial charge on any atom is -0.325 e. The number of nitrogens with one attached hydrogen (secondary N) is 1. The third kappa shape index (κ3) is 4.90. The summed E-state index contributed by atoms with van der Waals surface area (Å²) in [6.45, 7) is 2.02. The highest BCUT2D eigenvalue weighted by Gasteiger charge is 2.24. The van der Waals surface area contributed by atoms with Crippen molar-refractivity contribution >= 4 is 23.5 Å². The molecule has 1 atom stereocenters. The van der Waals surface area contributed by atoms with E-state index in [1.165, 1.54) is 12.2 Å². The Morgan fingerprint density at radius 1 is 1.15 bits per heavy atom. The SMILES string of the molecule is CCc1ccc(NC(=O)C(C#N)C(=O)/C=C/c2cccc(C#N)c2)cc1. The van der Waals surface area contributed by atoms with Gasteiger partial charge in [-0.3, -0.25) is 9.59 Å².